The minimum atomic E-state index is -4.96. The number of esters is 4. The average molecular weight is 1340 g/mol. The topological polar surface area (TPSA) is 237 Å². The molecule has 0 aliphatic rings. The van der Waals surface area contributed by atoms with Crippen molar-refractivity contribution in [2.24, 2.45) is 11.8 Å². The fourth-order valence-corrected chi connectivity index (χ4v) is 12.0. The lowest BCUT2D eigenvalue weighted by molar-refractivity contribution is -0.161. The lowest BCUT2D eigenvalue weighted by atomic mass is 10.0. The molecule has 0 aromatic carbocycles. The second-order valence-corrected chi connectivity index (χ2v) is 29.2. The van der Waals surface area contributed by atoms with Crippen LogP contribution in [0.1, 0.15) is 343 Å². The average Bonchev–Trinajstić information content (AvgIpc) is 3.72. The summed E-state index contributed by atoms with van der Waals surface area (Å²) in [6, 6.07) is 0. The first kappa shape index (κ1) is 88.5. The van der Waals surface area contributed by atoms with E-state index < -0.39 is 97.5 Å². The van der Waals surface area contributed by atoms with Gasteiger partial charge in [-0.25, -0.2) is 9.13 Å². The van der Waals surface area contributed by atoms with Crippen LogP contribution in [0.5, 0.6) is 0 Å². The number of aliphatic hydroxyl groups excluding tert-OH is 1. The molecule has 2 unspecified atom stereocenters. The maximum Gasteiger partial charge on any atom is 0.472 e. The molecule has 0 spiro atoms. The predicted octanol–water partition coefficient (Wildman–Crippen LogP) is 20.3. The van der Waals surface area contributed by atoms with Crippen LogP contribution in [0.3, 0.4) is 0 Å². The number of allylic oxidation sites excluding steroid dienone is 4. The highest BCUT2D eigenvalue weighted by Gasteiger charge is 2.30. The fraction of sp³-hybridized carbons (Fsp3) is 0.889. The Morgan fingerprint density at radius 1 is 0.341 bits per heavy atom. The molecule has 0 heterocycles. The summed E-state index contributed by atoms with van der Waals surface area (Å²) in [5.74, 6) is -0.814. The SMILES string of the molecule is CCCCCC/C=C\C=C/CCCCCCCC(=O)OC[C@H](COP(=O)(O)OC[C@@H](O)COP(=O)(O)OC[C@@H](COC(=O)CCCCCCCCC(C)C)OC(=O)CCCCCCCCC(C)C)OC(=O)CCCCCCCCCCCCCCCCCCCC. The van der Waals surface area contributed by atoms with Crippen LogP contribution in [0.4, 0.5) is 0 Å². The molecule has 0 rings (SSSR count). The van der Waals surface area contributed by atoms with Crippen LogP contribution in [0, 0.1) is 11.8 Å². The lowest BCUT2D eigenvalue weighted by Gasteiger charge is -2.21. The summed E-state index contributed by atoms with van der Waals surface area (Å²) in [7, 11) is -9.91. The van der Waals surface area contributed by atoms with E-state index in [0.29, 0.717) is 37.5 Å². The van der Waals surface area contributed by atoms with Gasteiger partial charge in [0.1, 0.15) is 19.3 Å². The van der Waals surface area contributed by atoms with Crippen molar-refractivity contribution in [2.75, 3.05) is 39.6 Å². The van der Waals surface area contributed by atoms with E-state index >= 15 is 0 Å². The van der Waals surface area contributed by atoms with Crippen molar-refractivity contribution in [1.82, 2.24) is 0 Å². The van der Waals surface area contributed by atoms with Gasteiger partial charge in [-0.2, -0.15) is 0 Å². The van der Waals surface area contributed by atoms with Crippen molar-refractivity contribution >= 4 is 39.5 Å². The number of rotatable bonds is 69. The van der Waals surface area contributed by atoms with Gasteiger partial charge in [0.15, 0.2) is 12.2 Å². The van der Waals surface area contributed by atoms with Gasteiger partial charge in [-0.3, -0.25) is 37.3 Å². The first-order chi connectivity index (χ1) is 43.9. The van der Waals surface area contributed by atoms with Crippen molar-refractivity contribution in [1.29, 1.82) is 0 Å². The predicted molar refractivity (Wildman–Crippen MR) is 367 cm³/mol. The highest BCUT2D eigenvalue weighted by atomic mass is 31.2. The Kier molecular flexibility index (Phi) is 61.9. The Labute approximate surface area is 554 Å². The van der Waals surface area contributed by atoms with Gasteiger partial charge in [0.05, 0.1) is 26.4 Å². The Balaban J connectivity index is 5.24. The smallest absolute Gasteiger partial charge is 0.462 e. The fourth-order valence-electron chi connectivity index (χ4n) is 10.4. The van der Waals surface area contributed by atoms with E-state index in [4.69, 9.17) is 37.0 Å². The number of phosphoric acid groups is 2. The van der Waals surface area contributed by atoms with E-state index in [2.05, 4.69) is 65.8 Å². The van der Waals surface area contributed by atoms with E-state index in [-0.39, 0.29) is 25.7 Å². The first-order valence-electron chi connectivity index (χ1n) is 36.8. The molecule has 0 amide bonds. The molecule has 91 heavy (non-hydrogen) atoms. The van der Waals surface area contributed by atoms with Gasteiger partial charge in [-0.15, -0.1) is 0 Å². The minimum absolute atomic E-state index is 0.0988. The maximum atomic E-state index is 13.0. The van der Waals surface area contributed by atoms with Gasteiger partial charge >= 0.3 is 39.5 Å². The molecule has 536 valence electrons. The normalized spacial score (nSPS) is 14.3. The number of ether oxygens (including phenoxy) is 4. The molecule has 0 saturated carbocycles. The third-order valence-corrected chi connectivity index (χ3v) is 18.0. The zero-order valence-electron chi connectivity index (χ0n) is 58.6. The lowest BCUT2D eigenvalue weighted by Crippen LogP contribution is -2.30. The minimum Gasteiger partial charge on any atom is -0.462 e. The Hall–Kier alpha value is -2.46. The monoisotopic (exact) mass is 1330 g/mol. The molecule has 0 aromatic rings. The number of hydrogen-bond acceptors (Lipinski definition) is 15. The highest BCUT2D eigenvalue weighted by Crippen LogP contribution is 2.45. The number of carbonyl (C=O) groups is 4. The van der Waals surface area contributed by atoms with Gasteiger partial charge in [0.2, 0.25) is 0 Å². The van der Waals surface area contributed by atoms with Gasteiger partial charge in [0.25, 0.3) is 0 Å². The zero-order chi connectivity index (χ0) is 67.2. The molecule has 0 aliphatic carbocycles. The quantitative estimate of drug-likeness (QED) is 0.0169. The van der Waals surface area contributed by atoms with Crippen LogP contribution in [-0.2, 0) is 65.4 Å². The van der Waals surface area contributed by atoms with Crippen molar-refractivity contribution in [3.8, 4) is 0 Å². The summed E-state index contributed by atoms with van der Waals surface area (Å²) in [5, 5.41) is 10.6. The number of aliphatic hydroxyl groups is 1. The van der Waals surface area contributed by atoms with Crippen LogP contribution >= 0.6 is 15.6 Å². The van der Waals surface area contributed by atoms with E-state index in [1.165, 1.54) is 135 Å². The molecule has 0 fully saturated rings. The molecule has 17 nitrogen and oxygen atoms in total. The Morgan fingerprint density at radius 3 is 0.901 bits per heavy atom. The summed E-state index contributed by atoms with van der Waals surface area (Å²) in [6.07, 6.45) is 52.6. The standard InChI is InChI=1S/C72H136O17P2/c1-7-9-11-13-15-17-19-21-23-24-25-27-29-31-33-35-44-50-56-71(76)88-67(60-82-69(74)54-48-42-34-32-30-28-26-22-20-18-16-14-12-10-8-2)62-86-90(78,79)84-58-66(73)59-85-91(80,81)87-63-68(89-72(77)57-51-45-39-37-41-47-53-65(5)6)61-83-70(75)55-49-43-38-36-40-46-52-64(3)4/h18,20,22,26,64-68,73H,7-17,19,21,23-25,27-63H2,1-6H3,(H,78,79)(H,80,81)/b20-18-,26-22-/t66-,67-,68-/m1/s1. The molecule has 5 atom stereocenters. The van der Waals surface area contributed by atoms with Crippen LogP contribution < -0.4 is 0 Å². The molecular formula is C72H136O17P2. The molecule has 3 N–H and O–H groups in total. The molecule has 0 radical (unpaired) electrons. The third kappa shape index (κ3) is 66.0. The zero-order valence-corrected chi connectivity index (χ0v) is 60.4. The molecule has 0 bridgehead atoms. The molecule has 0 aliphatic heterocycles. The third-order valence-electron chi connectivity index (χ3n) is 16.1. The Morgan fingerprint density at radius 2 is 0.593 bits per heavy atom. The summed E-state index contributed by atoms with van der Waals surface area (Å²) in [5.41, 5.74) is 0. The number of phosphoric ester groups is 2. The van der Waals surface area contributed by atoms with E-state index in [1.807, 2.05) is 0 Å². The first-order valence-corrected chi connectivity index (χ1v) is 39.8. The van der Waals surface area contributed by atoms with Gasteiger partial charge in [-0.05, 0) is 63.2 Å². The number of carbonyl (C=O) groups excluding carboxylic acids is 4. The van der Waals surface area contributed by atoms with Crippen molar-refractivity contribution in [2.45, 2.75) is 362 Å². The van der Waals surface area contributed by atoms with Crippen LogP contribution in [0.25, 0.3) is 0 Å². The van der Waals surface area contributed by atoms with E-state index in [1.54, 1.807) is 0 Å². The van der Waals surface area contributed by atoms with Gasteiger partial charge in [-0.1, -0.05) is 291 Å². The number of unbranched alkanes of at least 4 members (excludes halogenated alkanes) is 36. The molecule has 0 aromatic heterocycles. The summed E-state index contributed by atoms with van der Waals surface area (Å²) >= 11 is 0. The highest BCUT2D eigenvalue weighted by molar-refractivity contribution is 7.47. The molecule has 19 heteroatoms. The van der Waals surface area contributed by atoms with Crippen LogP contribution in [0.15, 0.2) is 24.3 Å². The van der Waals surface area contributed by atoms with Gasteiger partial charge < -0.3 is 33.8 Å². The summed E-state index contributed by atoms with van der Waals surface area (Å²) < 4.78 is 68.2. The van der Waals surface area contributed by atoms with E-state index in [0.717, 1.165) is 116 Å². The van der Waals surface area contributed by atoms with Crippen LogP contribution in [0.2, 0.25) is 0 Å². The summed E-state index contributed by atoms with van der Waals surface area (Å²) in [4.78, 5) is 72.5. The van der Waals surface area contributed by atoms with Crippen LogP contribution in [-0.4, -0.2) is 96.7 Å². The van der Waals surface area contributed by atoms with Gasteiger partial charge in [0, 0.05) is 25.7 Å². The Bertz CT molecular complexity index is 1860. The van der Waals surface area contributed by atoms with Crippen molar-refractivity contribution in [3.63, 3.8) is 0 Å². The second-order valence-electron chi connectivity index (χ2n) is 26.2. The molecule has 0 saturated heterocycles. The molecular weight excluding hydrogens is 1200 g/mol. The number of hydrogen-bond donors (Lipinski definition) is 3. The van der Waals surface area contributed by atoms with E-state index in [9.17, 15) is 43.2 Å². The second kappa shape index (κ2) is 63.6. The summed E-state index contributed by atoms with van der Waals surface area (Å²) in [6.45, 7) is 9.31. The largest absolute Gasteiger partial charge is 0.472 e. The van der Waals surface area contributed by atoms with Crippen molar-refractivity contribution < 1.29 is 80.2 Å². The van der Waals surface area contributed by atoms with Crippen molar-refractivity contribution in [3.05, 3.63) is 24.3 Å². The maximum absolute atomic E-state index is 13.0.